The minimum Gasteiger partial charge on any atom is -0.448 e. The zero-order valence-corrected chi connectivity index (χ0v) is 10.4. The SMILES string of the molecule is CC(C)COC(=O)NNC(=O)c1ccccc1N. The number of ether oxygens (including phenoxy) is 1. The summed E-state index contributed by atoms with van der Waals surface area (Å²) in [5, 5.41) is 0. The predicted molar refractivity (Wildman–Crippen MR) is 67.6 cm³/mol. The van der Waals surface area contributed by atoms with Gasteiger partial charge in [-0.05, 0) is 18.1 Å². The topological polar surface area (TPSA) is 93.5 Å². The van der Waals surface area contributed by atoms with E-state index in [4.69, 9.17) is 10.5 Å². The first-order valence-corrected chi connectivity index (χ1v) is 5.58. The molecule has 0 saturated carbocycles. The zero-order chi connectivity index (χ0) is 13.5. The van der Waals surface area contributed by atoms with E-state index in [1.165, 1.54) is 0 Å². The fourth-order valence-corrected chi connectivity index (χ4v) is 1.16. The summed E-state index contributed by atoms with van der Waals surface area (Å²) in [5.74, 6) is -0.259. The smallest absolute Gasteiger partial charge is 0.426 e. The number of nitrogen functional groups attached to an aromatic ring is 1. The first kappa shape index (κ1) is 13.8. The highest BCUT2D eigenvalue weighted by molar-refractivity contribution is 5.99. The number of hydrazine groups is 1. The Morgan fingerprint density at radius 1 is 1.28 bits per heavy atom. The molecule has 0 unspecified atom stereocenters. The van der Waals surface area contributed by atoms with Gasteiger partial charge in [0.15, 0.2) is 0 Å². The fourth-order valence-electron chi connectivity index (χ4n) is 1.16. The number of amides is 2. The molecule has 2 amide bonds. The molecule has 0 bridgehead atoms. The van der Waals surface area contributed by atoms with Crippen LogP contribution in [0.15, 0.2) is 24.3 Å². The lowest BCUT2D eigenvalue weighted by atomic mass is 10.2. The molecule has 0 aromatic heterocycles. The van der Waals surface area contributed by atoms with Crippen molar-refractivity contribution < 1.29 is 14.3 Å². The molecule has 4 N–H and O–H groups in total. The number of hydrogen-bond acceptors (Lipinski definition) is 4. The maximum atomic E-state index is 11.6. The second-order valence-corrected chi connectivity index (χ2v) is 4.16. The van der Waals surface area contributed by atoms with Gasteiger partial charge in [-0.2, -0.15) is 0 Å². The Morgan fingerprint density at radius 2 is 1.94 bits per heavy atom. The summed E-state index contributed by atoms with van der Waals surface area (Å²) < 4.78 is 4.82. The number of benzene rings is 1. The molecule has 6 nitrogen and oxygen atoms in total. The Kier molecular flexibility index (Phi) is 4.98. The maximum Gasteiger partial charge on any atom is 0.426 e. The molecule has 0 fully saturated rings. The summed E-state index contributed by atoms with van der Waals surface area (Å²) >= 11 is 0. The van der Waals surface area contributed by atoms with Crippen molar-refractivity contribution in [3.8, 4) is 0 Å². The van der Waals surface area contributed by atoms with Crippen molar-refractivity contribution in [1.82, 2.24) is 10.9 Å². The molecule has 0 aliphatic rings. The van der Waals surface area contributed by atoms with E-state index in [0.717, 1.165) is 0 Å². The van der Waals surface area contributed by atoms with Crippen LogP contribution in [0.25, 0.3) is 0 Å². The van der Waals surface area contributed by atoms with Crippen molar-refractivity contribution in [3.63, 3.8) is 0 Å². The highest BCUT2D eigenvalue weighted by Crippen LogP contribution is 2.09. The minimum absolute atomic E-state index is 0.233. The molecule has 0 saturated heterocycles. The number of rotatable bonds is 3. The average Bonchev–Trinajstić information content (AvgIpc) is 2.34. The van der Waals surface area contributed by atoms with Gasteiger partial charge in [-0.15, -0.1) is 0 Å². The van der Waals surface area contributed by atoms with Crippen molar-refractivity contribution in [2.75, 3.05) is 12.3 Å². The number of nitrogens with one attached hydrogen (secondary N) is 2. The van der Waals surface area contributed by atoms with Gasteiger partial charge in [0, 0.05) is 5.69 Å². The number of hydrogen-bond donors (Lipinski definition) is 3. The van der Waals surface area contributed by atoms with Gasteiger partial charge in [-0.25, -0.2) is 10.2 Å². The van der Waals surface area contributed by atoms with E-state index in [1.807, 2.05) is 13.8 Å². The number of anilines is 1. The molecule has 6 heteroatoms. The summed E-state index contributed by atoms with van der Waals surface area (Å²) in [6.45, 7) is 4.11. The van der Waals surface area contributed by atoms with Crippen molar-refractivity contribution in [1.29, 1.82) is 0 Å². The molecule has 0 heterocycles. The molecule has 98 valence electrons. The van der Waals surface area contributed by atoms with Crippen molar-refractivity contribution in [2.45, 2.75) is 13.8 Å². The second-order valence-electron chi connectivity index (χ2n) is 4.16. The van der Waals surface area contributed by atoms with E-state index >= 15 is 0 Å². The lowest BCUT2D eigenvalue weighted by Crippen LogP contribution is -2.42. The lowest BCUT2D eigenvalue weighted by Gasteiger charge is -2.10. The van der Waals surface area contributed by atoms with Crippen LogP contribution in [0.2, 0.25) is 0 Å². The molecular weight excluding hydrogens is 234 g/mol. The molecule has 0 radical (unpaired) electrons. The number of carbonyl (C=O) groups excluding carboxylic acids is 2. The van der Waals surface area contributed by atoms with E-state index in [-0.39, 0.29) is 12.5 Å². The van der Waals surface area contributed by atoms with E-state index in [9.17, 15) is 9.59 Å². The quantitative estimate of drug-likeness (QED) is 0.557. The normalized spacial score (nSPS) is 9.94. The predicted octanol–water partition coefficient (Wildman–Crippen LogP) is 1.30. The Morgan fingerprint density at radius 3 is 2.56 bits per heavy atom. The van der Waals surface area contributed by atoms with Crippen molar-refractivity contribution in [2.24, 2.45) is 5.92 Å². The van der Waals surface area contributed by atoms with Gasteiger partial charge in [0.05, 0.1) is 12.2 Å². The van der Waals surface area contributed by atoms with Crippen LogP contribution in [0.1, 0.15) is 24.2 Å². The van der Waals surface area contributed by atoms with Crippen LogP contribution in [0.4, 0.5) is 10.5 Å². The van der Waals surface area contributed by atoms with Crippen LogP contribution in [0, 0.1) is 5.92 Å². The Hall–Kier alpha value is -2.24. The molecule has 18 heavy (non-hydrogen) atoms. The number of carbonyl (C=O) groups is 2. The molecule has 1 aromatic rings. The summed E-state index contributed by atoms with van der Waals surface area (Å²) in [7, 11) is 0. The summed E-state index contributed by atoms with van der Waals surface area (Å²) in [6, 6.07) is 6.57. The lowest BCUT2D eigenvalue weighted by molar-refractivity contribution is 0.0902. The van der Waals surface area contributed by atoms with Crippen LogP contribution in [-0.2, 0) is 4.74 Å². The third kappa shape index (κ3) is 4.32. The van der Waals surface area contributed by atoms with Crippen LogP contribution in [0.5, 0.6) is 0 Å². The first-order chi connectivity index (χ1) is 8.50. The molecular formula is C12H17N3O3. The number of nitrogens with two attached hydrogens (primary N) is 1. The highest BCUT2D eigenvalue weighted by Gasteiger charge is 2.10. The van der Waals surface area contributed by atoms with Crippen LogP contribution >= 0.6 is 0 Å². The molecule has 1 aromatic carbocycles. The van der Waals surface area contributed by atoms with Gasteiger partial charge >= 0.3 is 6.09 Å². The highest BCUT2D eigenvalue weighted by atomic mass is 16.6. The standard InChI is InChI=1S/C12H17N3O3/c1-8(2)7-18-12(17)15-14-11(16)9-5-3-4-6-10(9)13/h3-6,8H,7,13H2,1-2H3,(H,14,16)(H,15,17). The van der Waals surface area contributed by atoms with Crippen LogP contribution in [0.3, 0.4) is 0 Å². The van der Waals surface area contributed by atoms with Crippen molar-refractivity contribution in [3.05, 3.63) is 29.8 Å². The monoisotopic (exact) mass is 251 g/mol. The molecule has 0 spiro atoms. The third-order valence-corrected chi connectivity index (χ3v) is 2.03. The van der Waals surface area contributed by atoms with Gasteiger partial charge in [-0.3, -0.25) is 10.2 Å². The zero-order valence-electron chi connectivity index (χ0n) is 10.4. The van der Waals surface area contributed by atoms with Gasteiger partial charge in [0.2, 0.25) is 0 Å². The Bertz CT molecular complexity index is 432. The third-order valence-electron chi connectivity index (χ3n) is 2.03. The van der Waals surface area contributed by atoms with Gasteiger partial charge in [-0.1, -0.05) is 26.0 Å². The Balaban J connectivity index is 2.42. The number of para-hydroxylation sites is 1. The minimum atomic E-state index is -0.702. The summed E-state index contributed by atoms with van der Waals surface area (Å²) in [5.41, 5.74) is 10.6. The van der Waals surface area contributed by atoms with Crippen LogP contribution in [-0.4, -0.2) is 18.6 Å². The van der Waals surface area contributed by atoms with Crippen LogP contribution < -0.4 is 16.6 Å². The molecule has 0 atom stereocenters. The molecule has 0 aliphatic carbocycles. The second kappa shape index (κ2) is 6.48. The molecule has 1 rings (SSSR count). The van der Waals surface area contributed by atoms with E-state index in [2.05, 4.69) is 10.9 Å². The van der Waals surface area contributed by atoms with E-state index < -0.39 is 12.0 Å². The fraction of sp³-hybridized carbons (Fsp3) is 0.333. The van der Waals surface area contributed by atoms with Gasteiger partial charge in [0.1, 0.15) is 0 Å². The average molecular weight is 251 g/mol. The maximum absolute atomic E-state index is 11.6. The first-order valence-electron chi connectivity index (χ1n) is 5.58. The van der Waals surface area contributed by atoms with E-state index in [1.54, 1.807) is 24.3 Å². The Labute approximate surface area is 105 Å². The summed E-state index contributed by atoms with van der Waals surface area (Å²) in [6.07, 6.45) is -0.702. The van der Waals surface area contributed by atoms with Gasteiger partial charge in [0.25, 0.3) is 5.91 Å². The molecule has 0 aliphatic heterocycles. The summed E-state index contributed by atoms with van der Waals surface area (Å²) in [4.78, 5) is 22.8. The largest absolute Gasteiger partial charge is 0.448 e. The van der Waals surface area contributed by atoms with E-state index in [0.29, 0.717) is 11.3 Å². The van der Waals surface area contributed by atoms with Crippen molar-refractivity contribution >= 4 is 17.7 Å². The van der Waals surface area contributed by atoms with Gasteiger partial charge < -0.3 is 10.5 Å².